The van der Waals surface area contributed by atoms with E-state index in [1.165, 1.54) is 0 Å². The fourth-order valence-electron chi connectivity index (χ4n) is 1.84. The first kappa shape index (κ1) is 11.7. The topological polar surface area (TPSA) is 47.3 Å². The van der Waals surface area contributed by atoms with E-state index < -0.39 is 0 Å². The van der Waals surface area contributed by atoms with Gasteiger partial charge in [0, 0.05) is 7.05 Å². The van der Waals surface area contributed by atoms with Crippen LogP contribution >= 0.6 is 0 Å². The third-order valence-electron chi connectivity index (χ3n) is 2.84. The minimum absolute atomic E-state index is 0.0162. The van der Waals surface area contributed by atoms with E-state index in [4.69, 9.17) is 9.84 Å². The van der Waals surface area contributed by atoms with E-state index in [1.54, 1.807) is 13.3 Å². The third kappa shape index (κ3) is 2.03. The van der Waals surface area contributed by atoms with Gasteiger partial charge in [0.05, 0.1) is 31.2 Å². The van der Waals surface area contributed by atoms with Gasteiger partial charge < -0.3 is 14.4 Å². The summed E-state index contributed by atoms with van der Waals surface area (Å²) >= 11 is 0. The third-order valence-corrected chi connectivity index (χ3v) is 2.84. The molecule has 0 bridgehead atoms. The fraction of sp³-hybridized carbons (Fsp3) is 0.308. The number of rotatable bonds is 3. The highest BCUT2D eigenvalue weighted by Crippen LogP contribution is 2.30. The SMILES string of the molecule is COc1ccc(C)cc1-c1ncc(CO)n1C. The molecular weight excluding hydrogens is 216 g/mol. The van der Waals surface area contributed by atoms with Crippen molar-refractivity contribution < 1.29 is 9.84 Å². The number of hydrogen-bond donors (Lipinski definition) is 1. The number of aliphatic hydroxyl groups is 1. The Balaban J connectivity index is 2.58. The molecule has 2 rings (SSSR count). The fourth-order valence-corrected chi connectivity index (χ4v) is 1.84. The van der Waals surface area contributed by atoms with Gasteiger partial charge in [-0.15, -0.1) is 0 Å². The van der Waals surface area contributed by atoms with Crippen LogP contribution in [0.4, 0.5) is 0 Å². The zero-order valence-electron chi connectivity index (χ0n) is 10.3. The zero-order valence-corrected chi connectivity index (χ0v) is 10.3. The van der Waals surface area contributed by atoms with Gasteiger partial charge in [0.2, 0.25) is 0 Å². The van der Waals surface area contributed by atoms with E-state index in [9.17, 15) is 0 Å². The van der Waals surface area contributed by atoms with E-state index in [-0.39, 0.29) is 6.61 Å². The molecule has 0 atom stereocenters. The molecule has 0 aliphatic heterocycles. The number of nitrogens with zero attached hydrogens (tertiary/aromatic N) is 2. The molecule has 0 fully saturated rings. The second-order valence-corrected chi connectivity index (χ2v) is 3.99. The van der Waals surface area contributed by atoms with Crippen LogP contribution in [0.1, 0.15) is 11.3 Å². The van der Waals surface area contributed by atoms with Crippen molar-refractivity contribution >= 4 is 0 Å². The van der Waals surface area contributed by atoms with Crippen molar-refractivity contribution in [3.05, 3.63) is 35.7 Å². The maximum atomic E-state index is 9.17. The Morgan fingerprint density at radius 2 is 2.18 bits per heavy atom. The van der Waals surface area contributed by atoms with Crippen molar-refractivity contribution in [1.82, 2.24) is 9.55 Å². The smallest absolute Gasteiger partial charge is 0.143 e. The van der Waals surface area contributed by atoms with Crippen molar-refractivity contribution in [1.29, 1.82) is 0 Å². The maximum absolute atomic E-state index is 9.17. The zero-order chi connectivity index (χ0) is 12.4. The molecule has 0 radical (unpaired) electrons. The van der Waals surface area contributed by atoms with Crippen molar-refractivity contribution in [3.8, 4) is 17.1 Å². The molecule has 90 valence electrons. The van der Waals surface area contributed by atoms with E-state index in [2.05, 4.69) is 4.98 Å². The summed E-state index contributed by atoms with van der Waals surface area (Å²) in [7, 11) is 3.53. The molecule has 1 aromatic carbocycles. The van der Waals surface area contributed by atoms with Crippen LogP contribution in [-0.2, 0) is 13.7 Å². The van der Waals surface area contributed by atoms with Crippen molar-refractivity contribution in [2.24, 2.45) is 7.05 Å². The van der Waals surface area contributed by atoms with E-state index >= 15 is 0 Å². The molecule has 0 unspecified atom stereocenters. The summed E-state index contributed by atoms with van der Waals surface area (Å²) < 4.78 is 7.21. The summed E-state index contributed by atoms with van der Waals surface area (Å²) in [6, 6.07) is 5.96. The average Bonchev–Trinajstić information content (AvgIpc) is 2.70. The van der Waals surface area contributed by atoms with Gasteiger partial charge in [0.25, 0.3) is 0 Å². The standard InChI is InChI=1S/C13H16N2O2/c1-9-4-5-12(17-3)11(6-9)13-14-7-10(8-16)15(13)2/h4-7,16H,8H2,1-3H3. The lowest BCUT2D eigenvalue weighted by atomic mass is 10.1. The summed E-state index contributed by atoms with van der Waals surface area (Å²) in [6.07, 6.45) is 1.68. The van der Waals surface area contributed by atoms with Crippen molar-refractivity contribution in [2.75, 3.05) is 7.11 Å². The minimum Gasteiger partial charge on any atom is -0.496 e. The summed E-state index contributed by atoms with van der Waals surface area (Å²) in [5, 5.41) is 9.17. The highest BCUT2D eigenvalue weighted by atomic mass is 16.5. The highest BCUT2D eigenvalue weighted by molar-refractivity contribution is 5.66. The van der Waals surface area contributed by atoms with Gasteiger partial charge >= 0.3 is 0 Å². The normalized spacial score (nSPS) is 10.6. The molecular formula is C13H16N2O2. The Labute approximate surface area is 100 Å². The van der Waals surface area contributed by atoms with Gasteiger partial charge in [-0.05, 0) is 19.1 Å². The molecule has 0 aliphatic carbocycles. The molecule has 2 aromatic rings. The predicted molar refractivity (Wildman–Crippen MR) is 65.9 cm³/mol. The first-order valence-electron chi connectivity index (χ1n) is 5.44. The monoisotopic (exact) mass is 232 g/mol. The number of aliphatic hydroxyl groups excluding tert-OH is 1. The second-order valence-electron chi connectivity index (χ2n) is 3.99. The Morgan fingerprint density at radius 3 is 2.76 bits per heavy atom. The van der Waals surface area contributed by atoms with Crippen LogP contribution in [0.15, 0.2) is 24.4 Å². The Morgan fingerprint density at radius 1 is 1.41 bits per heavy atom. The first-order valence-corrected chi connectivity index (χ1v) is 5.44. The summed E-state index contributed by atoms with van der Waals surface area (Å²) in [6.45, 7) is 2.01. The molecule has 1 N–H and O–H groups in total. The lowest BCUT2D eigenvalue weighted by molar-refractivity contribution is 0.273. The lowest BCUT2D eigenvalue weighted by Gasteiger charge is -2.10. The highest BCUT2D eigenvalue weighted by Gasteiger charge is 2.12. The predicted octanol–water partition coefficient (Wildman–Crippen LogP) is 1.90. The molecule has 0 saturated carbocycles. The van der Waals surface area contributed by atoms with Gasteiger partial charge in [-0.1, -0.05) is 11.6 Å². The van der Waals surface area contributed by atoms with Crippen LogP contribution in [0.25, 0.3) is 11.4 Å². The lowest BCUT2D eigenvalue weighted by Crippen LogP contribution is -2.00. The van der Waals surface area contributed by atoms with Crippen LogP contribution in [0.2, 0.25) is 0 Å². The van der Waals surface area contributed by atoms with Crippen LogP contribution in [-0.4, -0.2) is 21.8 Å². The Bertz CT molecular complexity index is 532. The van der Waals surface area contributed by atoms with Crippen LogP contribution in [0, 0.1) is 6.92 Å². The van der Waals surface area contributed by atoms with Gasteiger partial charge in [-0.25, -0.2) is 4.98 Å². The molecule has 4 heteroatoms. The quantitative estimate of drug-likeness (QED) is 0.879. The van der Waals surface area contributed by atoms with Gasteiger partial charge in [-0.2, -0.15) is 0 Å². The number of ether oxygens (including phenoxy) is 1. The molecule has 17 heavy (non-hydrogen) atoms. The number of benzene rings is 1. The number of methoxy groups -OCH3 is 1. The second kappa shape index (κ2) is 4.59. The van der Waals surface area contributed by atoms with Crippen LogP contribution in [0.3, 0.4) is 0 Å². The summed E-state index contributed by atoms with van der Waals surface area (Å²) in [5.74, 6) is 1.59. The van der Waals surface area contributed by atoms with Gasteiger partial charge in [0.1, 0.15) is 11.6 Å². The summed E-state index contributed by atoms with van der Waals surface area (Å²) in [5.41, 5.74) is 2.87. The Hall–Kier alpha value is -1.81. The molecule has 0 amide bonds. The van der Waals surface area contributed by atoms with Gasteiger partial charge in [0.15, 0.2) is 0 Å². The van der Waals surface area contributed by atoms with E-state index in [1.807, 2.05) is 36.7 Å². The van der Waals surface area contributed by atoms with Crippen molar-refractivity contribution in [3.63, 3.8) is 0 Å². The summed E-state index contributed by atoms with van der Waals surface area (Å²) in [4.78, 5) is 4.33. The minimum atomic E-state index is -0.0162. The van der Waals surface area contributed by atoms with Crippen LogP contribution < -0.4 is 4.74 Å². The maximum Gasteiger partial charge on any atom is 0.143 e. The molecule has 1 aromatic heterocycles. The van der Waals surface area contributed by atoms with Crippen molar-refractivity contribution in [2.45, 2.75) is 13.5 Å². The molecule has 4 nitrogen and oxygen atoms in total. The molecule has 0 saturated heterocycles. The molecule has 0 spiro atoms. The number of hydrogen-bond acceptors (Lipinski definition) is 3. The number of aryl methyl sites for hydroxylation is 1. The number of aromatic nitrogens is 2. The van der Waals surface area contributed by atoms with E-state index in [0.717, 1.165) is 28.4 Å². The molecule has 0 aliphatic rings. The largest absolute Gasteiger partial charge is 0.496 e. The van der Waals surface area contributed by atoms with E-state index in [0.29, 0.717) is 0 Å². The average molecular weight is 232 g/mol. The Kier molecular flexibility index (Phi) is 3.15. The number of imidazole rings is 1. The van der Waals surface area contributed by atoms with Gasteiger partial charge in [-0.3, -0.25) is 0 Å². The first-order chi connectivity index (χ1) is 8.17. The van der Waals surface area contributed by atoms with Crippen LogP contribution in [0.5, 0.6) is 5.75 Å². The molecule has 1 heterocycles.